The molecule has 4 heteroatoms. The lowest BCUT2D eigenvalue weighted by Crippen LogP contribution is -2.45. The van der Waals surface area contributed by atoms with Crippen molar-refractivity contribution in [3.63, 3.8) is 0 Å². The van der Waals surface area contributed by atoms with Gasteiger partial charge in [-0.05, 0) is 32.2 Å². The smallest absolute Gasteiger partial charge is 0.105 e. The van der Waals surface area contributed by atoms with E-state index in [9.17, 15) is 5.26 Å². The monoisotopic (exact) mass is 269 g/mol. The summed E-state index contributed by atoms with van der Waals surface area (Å²) < 4.78 is 5.15. The molecular formula is C15H31N3O. The Labute approximate surface area is 119 Å². The summed E-state index contributed by atoms with van der Waals surface area (Å²) in [6, 6.07) is 2.41. The first-order valence-corrected chi connectivity index (χ1v) is 7.35. The number of hydrogen-bond donors (Lipinski definition) is 1. The molecular weight excluding hydrogens is 238 g/mol. The van der Waals surface area contributed by atoms with Gasteiger partial charge in [0.25, 0.3) is 0 Å². The molecule has 0 radical (unpaired) electrons. The van der Waals surface area contributed by atoms with E-state index < -0.39 is 5.54 Å². The molecule has 0 aromatic heterocycles. The summed E-state index contributed by atoms with van der Waals surface area (Å²) in [5, 5.41) is 12.7. The fraction of sp³-hybridized carbons (Fsp3) is 0.933. The van der Waals surface area contributed by atoms with Crippen molar-refractivity contribution in [3.8, 4) is 6.07 Å². The van der Waals surface area contributed by atoms with E-state index in [0.29, 0.717) is 5.92 Å². The standard InChI is InChI=1S/C15H31N3O/c1-6-8-17-15(4,13-16)7-9-18(10-11-19-5)12-14(2)3/h14,17H,6-12H2,1-5H3. The van der Waals surface area contributed by atoms with Crippen LogP contribution in [0, 0.1) is 17.2 Å². The highest BCUT2D eigenvalue weighted by Gasteiger charge is 2.23. The molecule has 0 spiro atoms. The van der Waals surface area contributed by atoms with Gasteiger partial charge in [0.15, 0.2) is 0 Å². The maximum absolute atomic E-state index is 9.33. The molecule has 1 unspecified atom stereocenters. The molecule has 0 rings (SSSR count). The zero-order valence-electron chi connectivity index (χ0n) is 13.3. The van der Waals surface area contributed by atoms with Crippen LogP contribution >= 0.6 is 0 Å². The first-order chi connectivity index (χ1) is 8.97. The molecule has 0 amide bonds. The van der Waals surface area contributed by atoms with Gasteiger partial charge in [-0.15, -0.1) is 0 Å². The molecule has 4 nitrogen and oxygen atoms in total. The highest BCUT2D eigenvalue weighted by Crippen LogP contribution is 2.11. The first kappa shape index (κ1) is 18.4. The van der Waals surface area contributed by atoms with E-state index in [1.165, 1.54) is 0 Å². The molecule has 1 N–H and O–H groups in total. The Kier molecular flexibility index (Phi) is 9.85. The Morgan fingerprint density at radius 3 is 2.53 bits per heavy atom. The molecule has 0 bridgehead atoms. The van der Waals surface area contributed by atoms with Crippen molar-refractivity contribution in [2.24, 2.45) is 5.92 Å². The minimum atomic E-state index is -0.418. The van der Waals surface area contributed by atoms with Gasteiger partial charge in [0.1, 0.15) is 5.54 Å². The number of nitrogens with zero attached hydrogens (tertiary/aromatic N) is 2. The number of nitrogens with one attached hydrogen (secondary N) is 1. The van der Waals surface area contributed by atoms with Gasteiger partial charge in [0.2, 0.25) is 0 Å². The second-order valence-corrected chi connectivity index (χ2v) is 5.81. The van der Waals surface area contributed by atoms with E-state index in [1.54, 1.807) is 7.11 Å². The lowest BCUT2D eigenvalue weighted by Gasteiger charge is -2.29. The predicted octanol–water partition coefficient (Wildman–Crippen LogP) is 2.26. The summed E-state index contributed by atoms with van der Waals surface area (Å²) in [5.74, 6) is 0.633. The average Bonchev–Trinajstić information content (AvgIpc) is 2.39. The topological polar surface area (TPSA) is 48.3 Å². The van der Waals surface area contributed by atoms with Crippen LogP contribution in [0.5, 0.6) is 0 Å². The summed E-state index contributed by atoms with van der Waals surface area (Å²) in [4.78, 5) is 2.39. The number of hydrogen-bond acceptors (Lipinski definition) is 4. The molecule has 0 aromatic carbocycles. The number of methoxy groups -OCH3 is 1. The SMILES string of the molecule is CCCNC(C)(C#N)CCN(CCOC)CC(C)C. The van der Waals surface area contributed by atoms with Crippen LogP contribution in [0.2, 0.25) is 0 Å². The van der Waals surface area contributed by atoms with Crippen molar-refractivity contribution in [1.82, 2.24) is 10.2 Å². The Morgan fingerprint density at radius 2 is 2.05 bits per heavy atom. The first-order valence-electron chi connectivity index (χ1n) is 7.35. The fourth-order valence-corrected chi connectivity index (χ4v) is 2.00. The summed E-state index contributed by atoms with van der Waals surface area (Å²) in [6.07, 6.45) is 1.90. The third-order valence-electron chi connectivity index (χ3n) is 3.17. The van der Waals surface area contributed by atoms with Crippen molar-refractivity contribution < 1.29 is 4.74 Å². The van der Waals surface area contributed by atoms with Crippen LogP contribution in [0.15, 0.2) is 0 Å². The van der Waals surface area contributed by atoms with Gasteiger partial charge in [-0.2, -0.15) is 5.26 Å². The van der Waals surface area contributed by atoms with Gasteiger partial charge in [-0.25, -0.2) is 0 Å². The molecule has 1 atom stereocenters. The van der Waals surface area contributed by atoms with Crippen molar-refractivity contribution in [2.75, 3.05) is 39.9 Å². The van der Waals surface area contributed by atoms with Gasteiger partial charge >= 0.3 is 0 Å². The van der Waals surface area contributed by atoms with Gasteiger partial charge in [-0.1, -0.05) is 20.8 Å². The molecule has 0 aliphatic heterocycles. The van der Waals surface area contributed by atoms with Crippen LogP contribution in [0.25, 0.3) is 0 Å². The zero-order chi connectivity index (χ0) is 14.7. The Balaban J connectivity index is 4.29. The van der Waals surface area contributed by atoms with Crippen molar-refractivity contribution in [3.05, 3.63) is 0 Å². The van der Waals surface area contributed by atoms with Crippen LogP contribution in [0.3, 0.4) is 0 Å². The highest BCUT2D eigenvalue weighted by atomic mass is 16.5. The third kappa shape index (κ3) is 8.99. The average molecular weight is 269 g/mol. The third-order valence-corrected chi connectivity index (χ3v) is 3.17. The summed E-state index contributed by atoms with van der Waals surface area (Å²) in [6.45, 7) is 13.1. The van der Waals surface area contributed by atoms with Gasteiger partial charge in [0, 0.05) is 26.7 Å². The van der Waals surface area contributed by atoms with E-state index in [0.717, 1.165) is 45.6 Å². The van der Waals surface area contributed by atoms with E-state index >= 15 is 0 Å². The van der Waals surface area contributed by atoms with E-state index in [4.69, 9.17) is 4.74 Å². The number of nitriles is 1. The summed E-state index contributed by atoms with van der Waals surface area (Å²) in [5.41, 5.74) is -0.418. The van der Waals surface area contributed by atoms with Crippen molar-refractivity contribution in [2.45, 2.75) is 46.1 Å². The Hall–Kier alpha value is -0.630. The summed E-state index contributed by atoms with van der Waals surface area (Å²) >= 11 is 0. The van der Waals surface area contributed by atoms with Gasteiger partial charge in [0.05, 0.1) is 12.7 Å². The number of ether oxygens (including phenoxy) is 1. The number of rotatable bonds is 11. The maximum Gasteiger partial charge on any atom is 0.105 e. The van der Waals surface area contributed by atoms with Crippen molar-refractivity contribution >= 4 is 0 Å². The quantitative estimate of drug-likeness (QED) is 0.625. The molecule has 0 aliphatic rings. The predicted molar refractivity (Wildman–Crippen MR) is 80.1 cm³/mol. The molecule has 0 fully saturated rings. The lowest BCUT2D eigenvalue weighted by molar-refractivity contribution is 0.134. The van der Waals surface area contributed by atoms with E-state index in [-0.39, 0.29) is 0 Å². The van der Waals surface area contributed by atoms with Gasteiger partial charge in [-0.3, -0.25) is 5.32 Å². The van der Waals surface area contributed by atoms with Crippen LogP contribution in [0.4, 0.5) is 0 Å². The molecule has 0 aliphatic carbocycles. The Bertz CT molecular complexity index is 263. The van der Waals surface area contributed by atoms with E-state index in [2.05, 4.69) is 37.1 Å². The second-order valence-electron chi connectivity index (χ2n) is 5.81. The van der Waals surface area contributed by atoms with Crippen LogP contribution < -0.4 is 5.32 Å². The minimum Gasteiger partial charge on any atom is -0.383 e. The molecule has 0 aromatic rings. The lowest BCUT2D eigenvalue weighted by atomic mass is 9.99. The van der Waals surface area contributed by atoms with Crippen LogP contribution in [-0.4, -0.2) is 50.3 Å². The molecule has 0 saturated heterocycles. The van der Waals surface area contributed by atoms with E-state index in [1.807, 2.05) is 6.92 Å². The Morgan fingerprint density at radius 1 is 1.37 bits per heavy atom. The fourth-order valence-electron chi connectivity index (χ4n) is 2.00. The van der Waals surface area contributed by atoms with Crippen LogP contribution in [0.1, 0.15) is 40.5 Å². The zero-order valence-corrected chi connectivity index (χ0v) is 13.3. The normalized spacial score (nSPS) is 14.6. The van der Waals surface area contributed by atoms with Gasteiger partial charge < -0.3 is 9.64 Å². The highest BCUT2D eigenvalue weighted by molar-refractivity contribution is 5.03. The van der Waals surface area contributed by atoms with Crippen LogP contribution in [-0.2, 0) is 4.74 Å². The molecule has 0 heterocycles. The minimum absolute atomic E-state index is 0.418. The maximum atomic E-state index is 9.33. The van der Waals surface area contributed by atoms with Crippen molar-refractivity contribution in [1.29, 1.82) is 5.26 Å². The largest absolute Gasteiger partial charge is 0.383 e. The summed E-state index contributed by atoms with van der Waals surface area (Å²) in [7, 11) is 1.73. The molecule has 0 saturated carbocycles. The molecule has 112 valence electrons. The second kappa shape index (κ2) is 10.2. The molecule has 19 heavy (non-hydrogen) atoms.